The first-order valence-electron chi connectivity index (χ1n) is 9.91. The Bertz CT molecular complexity index is 1330. The molecule has 0 spiro atoms. The summed E-state index contributed by atoms with van der Waals surface area (Å²) in [6.45, 7) is 0.00737. The Hall–Kier alpha value is -2.01. The predicted octanol–water partition coefficient (Wildman–Crippen LogP) is 1.85. The Kier molecular flexibility index (Phi) is 8.78. The second-order valence-corrected chi connectivity index (χ2v) is 12.0. The molecule has 1 aliphatic rings. The number of ether oxygens (including phenoxy) is 2. The zero-order valence-electron chi connectivity index (χ0n) is 18.6. The van der Waals surface area contributed by atoms with E-state index in [0.29, 0.717) is 11.0 Å². The number of aromatic nitrogens is 3. The molecule has 23 heteroatoms. The summed E-state index contributed by atoms with van der Waals surface area (Å²) >= 11 is 0. The first kappa shape index (κ1) is 29.5. The summed E-state index contributed by atoms with van der Waals surface area (Å²) < 4.78 is 73.2. The molecule has 3 unspecified atom stereocenters. The smallest absolute Gasteiger partial charge is 0.383 e. The minimum Gasteiger partial charge on any atom is -0.383 e. The molecule has 2 aromatic rings. The van der Waals surface area contributed by atoms with Gasteiger partial charge in [-0.2, -0.15) is 8.62 Å². The van der Waals surface area contributed by atoms with Gasteiger partial charge in [0.25, 0.3) is 5.98 Å². The van der Waals surface area contributed by atoms with Crippen LogP contribution >= 0.6 is 23.5 Å². The zero-order valence-corrected chi connectivity index (χ0v) is 21.3. The van der Waals surface area contributed by atoms with Crippen LogP contribution in [0.15, 0.2) is 23.7 Å². The molecule has 0 radical (unpaired) electrons. The third kappa shape index (κ3) is 8.49. The fraction of sp³-hybridized carbons (Fsp3) is 0.571. The maximum atomic E-state index is 14.5. The van der Waals surface area contributed by atoms with Crippen LogP contribution in [-0.4, -0.2) is 65.0 Å². The number of azide groups is 1. The van der Waals surface area contributed by atoms with E-state index in [1.807, 2.05) is 0 Å². The minimum absolute atomic E-state index is 0.0505. The van der Waals surface area contributed by atoms with E-state index in [0.717, 1.165) is 6.92 Å². The number of hydrogen-bond donors (Lipinski definition) is 5. The third-order valence-corrected chi connectivity index (χ3v) is 8.47. The summed E-state index contributed by atoms with van der Waals surface area (Å²) in [6, 6.07) is 1.65. The lowest BCUT2D eigenvalue weighted by Gasteiger charge is -2.25. The molecule has 19 nitrogen and oxygen atoms in total. The van der Waals surface area contributed by atoms with E-state index in [1.165, 1.54) is 6.33 Å². The molecule has 0 aliphatic carbocycles. The molecule has 206 valence electrons. The highest BCUT2D eigenvalue weighted by Crippen LogP contribution is 2.66. The van der Waals surface area contributed by atoms with Gasteiger partial charge in [0.2, 0.25) is 0 Å². The Morgan fingerprint density at radius 3 is 2.65 bits per heavy atom. The molecule has 2 aromatic heterocycles. The lowest BCUT2D eigenvalue weighted by atomic mass is 10.1. The summed E-state index contributed by atoms with van der Waals surface area (Å²) in [4.78, 5) is 46.5. The average molecular weight is 591 g/mol. The largest absolute Gasteiger partial charge is 0.490 e. The number of alkyl halides is 1. The highest BCUT2D eigenvalue weighted by molar-refractivity contribution is 7.66. The molecule has 6 atom stereocenters. The normalized spacial score (nSPS) is 25.2. The van der Waals surface area contributed by atoms with Crippen LogP contribution in [0.1, 0.15) is 13.3 Å². The minimum atomic E-state index is -5.75. The van der Waals surface area contributed by atoms with Gasteiger partial charge in [-0.3, -0.25) is 4.52 Å². The molecule has 6 N–H and O–H groups in total. The van der Waals surface area contributed by atoms with Gasteiger partial charge in [0.05, 0.1) is 30.7 Å². The Labute approximate surface area is 206 Å². The van der Waals surface area contributed by atoms with Crippen LogP contribution < -0.4 is 5.73 Å². The van der Waals surface area contributed by atoms with E-state index in [2.05, 4.69) is 33.1 Å². The molecule has 1 fully saturated rings. The van der Waals surface area contributed by atoms with Crippen LogP contribution in [0, 0.1) is 0 Å². The molecule has 0 amide bonds. The summed E-state index contributed by atoms with van der Waals surface area (Å²) in [6.07, 6.45) is -0.471. The number of halogens is 1. The standard InChI is InChI=1S/C14H21FN7O12P3/c1-14(15,20-21-17)32-10-4-8(5-22-3-2-9-12(16)18-7-19-13(9)22)31-11(10)6-30-36(26,27)34-37(28,29)33-35(23,24)25/h2-3,7-8,10-11H,4-6H2,1H3,(H,26,27)(H,28,29)(H2,16,18,19)(H2,23,24,25)/t8-,10?,11-,14-/m1/s1. The van der Waals surface area contributed by atoms with Crippen molar-refractivity contribution in [3.63, 3.8) is 0 Å². The number of phosphoric acid groups is 3. The van der Waals surface area contributed by atoms with Gasteiger partial charge >= 0.3 is 23.5 Å². The van der Waals surface area contributed by atoms with Crippen LogP contribution in [0.5, 0.6) is 0 Å². The number of fused-ring (bicyclic) bond motifs is 1. The summed E-state index contributed by atoms with van der Waals surface area (Å²) in [5.41, 5.74) is 14.8. The molecule has 0 bridgehead atoms. The van der Waals surface area contributed by atoms with E-state index in [4.69, 9.17) is 30.5 Å². The van der Waals surface area contributed by atoms with Crippen LogP contribution in [0.4, 0.5) is 10.2 Å². The second kappa shape index (κ2) is 11.0. The van der Waals surface area contributed by atoms with Gasteiger partial charge in [-0.05, 0) is 16.7 Å². The van der Waals surface area contributed by atoms with Gasteiger partial charge < -0.3 is 39.3 Å². The SMILES string of the molecule is C[C@@](F)(N=[N+]=[N-])OC1C[C@H](Cn2ccc3c(N)ncnc32)O[C@@H]1COP(=O)(O)OP(=O)(O)OP(=O)(O)O. The Balaban J connectivity index is 1.74. The van der Waals surface area contributed by atoms with Gasteiger partial charge in [-0.15, -0.1) is 0 Å². The highest BCUT2D eigenvalue weighted by Gasteiger charge is 2.44. The first-order chi connectivity index (χ1) is 17.0. The van der Waals surface area contributed by atoms with Crippen molar-refractivity contribution in [2.75, 3.05) is 12.3 Å². The number of hydrogen-bond acceptors (Lipinski definition) is 12. The van der Waals surface area contributed by atoms with E-state index in [-0.39, 0.29) is 18.8 Å². The third-order valence-electron chi connectivity index (χ3n) is 4.67. The van der Waals surface area contributed by atoms with E-state index in [9.17, 15) is 27.9 Å². The Morgan fingerprint density at radius 2 is 2.00 bits per heavy atom. The van der Waals surface area contributed by atoms with Crippen molar-refractivity contribution in [1.29, 1.82) is 0 Å². The second-order valence-electron chi connectivity index (χ2n) is 7.60. The molecular weight excluding hydrogens is 570 g/mol. The van der Waals surface area contributed by atoms with Gasteiger partial charge in [-0.25, -0.2) is 28.1 Å². The van der Waals surface area contributed by atoms with E-state index in [1.54, 1.807) is 16.8 Å². The summed E-state index contributed by atoms with van der Waals surface area (Å²) in [5, 5.41) is 3.42. The molecule has 1 aliphatic heterocycles. The van der Waals surface area contributed by atoms with Crippen molar-refractivity contribution in [3.05, 3.63) is 29.0 Å². The number of nitrogen functional groups attached to an aromatic ring is 1. The lowest BCUT2D eigenvalue weighted by molar-refractivity contribution is -0.178. The number of anilines is 1. The Morgan fingerprint density at radius 1 is 1.30 bits per heavy atom. The molecule has 37 heavy (non-hydrogen) atoms. The molecule has 0 saturated carbocycles. The van der Waals surface area contributed by atoms with Crippen molar-refractivity contribution in [2.24, 2.45) is 5.11 Å². The van der Waals surface area contributed by atoms with Crippen molar-refractivity contribution >= 4 is 40.3 Å². The van der Waals surface area contributed by atoms with Crippen LogP contribution in [-0.2, 0) is 42.9 Å². The van der Waals surface area contributed by atoms with Crippen LogP contribution in [0.2, 0.25) is 0 Å². The number of nitrogens with two attached hydrogens (primary N) is 1. The van der Waals surface area contributed by atoms with Crippen LogP contribution in [0.3, 0.4) is 0 Å². The van der Waals surface area contributed by atoms with Crippen molar-refractivity contribution in [3.8, 4) is 0 Å². The lowest BCUT2D eigenvalue weighted by Crippen LogP contribution is -2.35. The number of phosphoric ester groups is 1. The number of rotatable bonds is 12. The van der Waals surface area contributed by atoms with Crippen molar-refractivity contribution in [2.45, 2.75) is 44.2 Å². The maximum Gasteiger partial charge on any atom is 0.490 e. The predicted molar refractivity (Wildman–Crippen MR) is 119 cm³/mol. The monoisotopic (exact) mass is 591 g/mol. The topological polar surface area (TPSA) is 284 Å². The van der Waals surface area contributed by atoms with Crippen molar-refractivity contribution < 1.29 is 60.3 Å². The molecule has 0 aromatic carbocycles. The van der Waals surface area contributed by atoms with E-state index >= 15 is 0 Å². The summed E-state index contributed by atoms with van der Waals surface area (Å²) in [7, 11) is -16.8. The van der Waals surface area contributed by atoms with Gasteiger partial charge in [-0.1, -0.05) is 0 Å². The van der Waals surface area contributed by atoms with Gasteiger partial charge in [0.1, 0.15) is 23.9 Å². The molecular formula is C14H21FN7O12P3. The highest BCUT2D eigenvalue weighted by atomic mass is 31.3. The molecule has 1 saturated heterocycles. The zero-order chi connectivity index (χ0) is 27.6. The number of nitrogens with zero attached hydrogens (tertiary/aromatic N) is 6. The summed E-state index contributed by atoms with van der Waals surface area (Å²) in [5.74, 6) is -2.62. The van der Waals surface area contributed by atoms with E-state index < -0.39 is 54.4 Å². The fourth-order valence-corrected chi connectivity index (χ4v) is 6.46. The maximum absolute atomic E-state index is 14.5. The quantitative estimate of drug-likeness (QED) is 0.0774. The van der Waals surface area contributed by atoms with Crippen LogP contribution in [0.25, 0.3) is 21.5 Å². The van der Waals surface area contributed by atoms with Crippen molar-refractivity contribution in [1.82, 2.24) is 14.5 Å². The molecule has 3 rings (SSSR count). The molecule has 3 heterocycles. The average Bonchev–Trinajstić information content (AvgIpc) is 3.28. The first-order valence-corrected chi connectivity index (χ1v) is 14.4. The van der Waals surface area contributed by atoms with Gasteiger partial charge in [0.15, 0.2) is 0 Å². The fourth-order valence-electron chi connectivity index (χ4n) is 3.43. The van der Waals surface area contributed by atoms with Gasteiger partial charge in [0, 0.05) is 24.5 Å².